The summed E-state index contributed by atoms with van der Waals surface area (Å²) in [5, 5.41) is 0. The SMILES string of the molecule is CN(CCCN)C(=O)c1ccc(Br)cc1Br. The van der Waals surface area contributed by atoms with Crippen LogP contribution in [0.25, 0.3) is 0 Å². The first kappa shape index (κ1) is 13.7. The highest BCUT2D eigenvalue weighted by molar-refractivity contribution is 9.11. The zero-order valence-corrected chi connectivity index (χ0v) is 12.2. The molecule has 0 aliphatic rings. The number of amides is 1. The van der Waals surface area contributed by atoms with E-state index in [4.69, 9.17) is 5.73 Å². The maximum absolute atomic E-state index is 12.0. The van der Waals surface area contributed by atoms with E-state index in [1.165, 1.54) is 0 Å². The van der Waals surface area contributed by atoms with Crippen molar-refractivity contribution in [2.75, 3.05) is 20.1 Å². The van der Waals surface area contributed by atoms with Crippen LogP contribution in [0.3, 0.4) is 0 Å². The molecule has 1 rings (SSSR count). The first-order valence-electron chi connectivity index (χ1n) is 4.97. The number of rotatable bonds is 4. The Bertz CT molecular complexity index is 382. The second kappa shape index (κ2) is 6.37. The molecule has 0 heterocycles. The van der Waals surface area contributed by atoms with E-state index in [9.17, 15) is 4.79 Å². The van der Waals surface area contributed by atoms with Crippen molar-refractivity contribution in [3.63, 3.8) is 0 Å². The molecule has 88 valence electrons. The Morgan fingerprint density at radius 3 is 2.69 bits per heavy atom. The van der Waals surface area contributed by atoms with E-state index >= 15 is 0 Å². The van der Waals surface area contributed by atoms with Crippen LogP contribution in [0, 0.1) is 0 Å². The van der Waals surface area contributed by atoms with Crippen molar-refractivity contribution in [2.45, 2.75) is 6.42 Å². The molecule has 1 aromatic carbocycles. The lowest BCUT2D eigenvalue weighted by Gasteiger charge is -2.17. The van der Waals surface area contributed by atoms with Gasteiger partial charge < -0.3 is 10.6 Å². The lowest BCUT2D eigenvalue weighted by atomic mass is 10.2. The Morgan fingerprint density at radius 2 is 2.12 bits per heavy atom. The molecule has 1 amide bonds. The topological polar surface area (TPSA) is 46.3 Å². The van der Waals surface area contributed by atoms with E-state index in [-0.39, 0.29) is 5.91 Å². The van der Waals surface area contributed by atoms with E-state index in [1.54, 1.807) is 18.0 Å². The summed E-state index contributed by atoms with van der Waals surface area (Å²) < 4.78 is 1.74. The number of carbonyl (C=O) groups excluding carboxylic acids is 1. The molecule has 0 radical (unpaired) electrons. The fourth-order valence-corrected chi connectivity index (χ4v) is 2.52. The Hall–Kier alpha value is -0.390. The van der Waals surface area contributed by atoms with Gasteiger partial charge in [-0.1, -0.05) is 15.9 Å². The van der Waals surface area contributed by atoms with Crippen LogP contribution >= 0.6 is 31.9 Å². The molecule has 0 saturated heterocycles. The second-order valence-electron chi connectivity index (χ2n) is 3.49. The number of nitrogens with two attached hydrogens (primary N) is 1. The van der Waals surface area contributed by atoms with Gasteiger partial charge in [0.1, 0.15) is 0 Å². The number of hydrogen-bond donors (Lipinski definition) is 1. The van der Waals surface area contributed by atoms with Gasteiger partial charge in [-0.25, -0.2) is 0 Å². The Kier molecular flexibility index (Phi) is 5.44. The van der Waals surface area contributed by atoms with Crippen LogP contribution in [0.5, 0.6) is 0 Å². The Morgan fingerprint density at radius 1 is 1.44 bits per heavy atom. The van der Waals surface area contributed by atoms with E-state index in [0.717, 1.165) is 15.4 Å². The van der Waals surface area contributed by atoms with Crippen molar-refractivity contribution in [2.24, 2.45) is 5.73 Å². The monoisotopic (exact) mass is 348 g/mol. The highest BCUT2D eigenvalue weighted by atomic mass is 79.9. The summed E-state index contributed by atoms with van der Waals surface area (Å²) in [4.78, 5) is 13.7. The Labute approximate surface area is 112 Å². The van der Waals surface area contributed by atoms with Gasteiger partial charge in [-0.15, -0.1) is 0 Å². The van der Waals surface area contributed by atoms with Gasteiger partial charge in [0.2, 0.25) is 0 Å². The summed E-state index contributed by atoms with van der Waals surface area (Å²) in [5.41, 5.74) is 6.08. The van der Waals surface area contributed by atoms with E-state index < -0.39 is 0 Å². The summed E-state index contributed by atoms with van der Waals surface area (Å²) in [6, 6.07) is 5.52. The van der Waals surface area contributed by atoms with E-state index in [0.29, 0.717) is 18.7 Å². The van der Waals surface area contributed by atoms with Crippen molar-refractivity contribution < 1.29 is 4.79 Å². The van der Waals surface area contributed by atoms with Crippen molar-refractivity contribution in [1.82, 2.24) is 4.90 Å². The summed E-state index contributed by atoms with van der Waals surface area (Å²) in [7, 11) is 1.78. The lowest BCUT2D eigenvalue weighted by molar-refractivity contribution is 0.0793. The first-order chi connectivity index (χ1) is 7.56. The molecule has 1 aromatic rings. The molecule has 0 bridgehead atoms. The molecule has 16 heavy (non-hydrogen) atoms. The molecule has 0 aliphatic heterocycles. The normalized spacial score (nSPS) is 10.2. The fourth-order valence-electron chi connectivity index (χ4n) is 1.30. The fraction of sp³-hybridized carbons (Fsp3) is 0.364. The number of halogens is 2. The number of benzene rings is 1. The second-order valence-corrected chi connectivity index (χ2v) is 5.26. The molecule has 0 spiro atoms. The zero-order chi connectivity index (χ0) is 12.1. The minimum absolute atomic E-state index is 0.00725. The number of hydrogen-bond acceptors (Lipinski definition) is 2. The maximum atomic E-state index is 12.0. The van der Waals surface area contributed by atoms with Gasteiger partial charge in [0.15, 0.2) is 0 Å². The minimum atomic E-state index is 0.00725. The zero-order valence-electron chi connectivity index (χ0n) is 9.04. The van der Waals surface area contributed by atoms with E-state index in [2.05, 4.69) is 31.9 Å². The van der Waals surface area contributed by atoms with Crippen LogP contribution in [-0.4, -0.2) is 30.9 Å². The standard InChI is InChI=1S/C11H14Br2N2O/c1-15(6-2-5-14)11(16)9-4-3-8(12)7-10(9)13/h3-4,7H,2,5-6,14H2,1H3. The summed E-state index contributed by atoms with van der Waals surface area (Å²) in [6.45, 7) is 1.27. The van der Waals surface area contributed by atoms with Gasteiger partial charge in [-0.05, 0) is 47.1 Å². The quantitative estimate of drug-likeness (QED) is 0.908. The van der Waals surface area contributed by atoms with Crippen molar-refractivity contribution in [1.29, 1.82) is 0 Å². The average Bonchev–Trinajstić information content (AvgIpc) is 2.25. The van der Waals surface area contributed by atoms with Crippen LogP contribution < -0.4 is 5.73 Å². The lowest BCUT2D eigenvalue weighted by Crippen LogP contribution is -2.29. The number of carbonyl (C=O) groups is 1. The molecule has 5 heteroatoms. The molecular formula is C11H14Br2N2O. The molecule has 0 saturated carbocycles. The molecular weight excluding hydrogens is 336 g/mol. The van der Waals surface area contributed by atoms with Gasteiger partial charge in [-0.2, -0.15) is 0 Å². The highest BCUT2D eigenvalue weighted by Gasteiger charge is 2.14. The molecule has 0 aliphatic carbocycles. The van der Waals surface area contributed by atoms with Crippen LogP contribution in [0.4, 0.5) is 0 Å². The molecule has 0 atom stereocenters. The van der Waals surface area contributed by atoms with E-state index in [1.807, 2.05) is 12.1 Å². The van der Waals surface area contributed by atoms with Crippen LogP contribution in [0.1, 0.15) is 16.8 Å². The largest absolute Gasteiger partial charge is 0.342 e. The first-order valence-corrected chi connectivity index (χ1v) is 6.55. The van der Waals surface area contributed by atoms with Crippen molar-refractivity contribution >= 4 is 37.8 Å². The van der Waals surface area contributed by atoms with Crippen molar-refractivity contribution in [3.05, 3.63) is 32.7 Å². The molecule has 0 aromatic heterocycles. The van der Waals surface area contributed by atoms with Gasteiger partial charge in [0.25, 0.3) is 5.91 Å². The van der Waals surface area contributed by atoms with Crippen LogP contribution in [-0.2, 0) is 0 Å². The third-order valence-electron chi connectivity index (χ3n) is 2.21. The van der Waals surface area contributed by atoms with Gasteiger partial charge in [0, 0.05) is 22.5 Å². The predicted molar refractivity (Wildman–Crippen MR) is 72.5 cm³/mol. The summed E-state index contributed by atoms with van der Waals surface area (Å²) in [5.74, 6) is 0.00725. The Balaban J connectivity index is 2.79. The van der Waals surface area contributed by atoms with Crippen molar-refractivity contribution in [3.8, 4) is 0 Å². The van der Waals surface area contributed by atoms with Gasteiger partial charge >= 0.3 is 0 Å². The summed E-state index contributed by atoms with van der Waals surface area (Å²) >= 11 is 6.73. The molecule has 2 N–H and O–H groups in total. The van der Waals surface area contributed by atoms with Gasteiger partial charge in [-0.3, -0.25) is 4.79 Å². The van der Waals surface area contributed by atoms with Gasteiger partial charge in [0.05, 0.1) is 5.56 Å². The average molecular weight is 350 g/mol. The molecule has 3 nitrogen and oxygen atoms in total. The van der Waals surface area contributed by atoms with Crippen LogP contribution in [0.2, 0.25) is 0 Å². The molecule has 0 unspecified atom stereocenters. The highest BCUT2D eigenvalue weighted by Crippen LogP contribution is 2.22. The predicted octanol–water partition coefficient (Wildman–Crippen LogP) is 2.63. The smallest absolute Gasteiger partial charge is 0.254 e. The minimum Gasteiger partial charge on any atom is -0.342 e. The third-order valence-corrected chi connectivity index (χ3v) is 3.36. The maximum Gasteiger partial charge on any atom is 0.254 e. The third kappa shape index (κ3) is 3.57. The molecule has 0 fully saturated rings. The number of nitrogens with zero attached hydrogens (tertiary/aromatic N) is 1. The summed E-state index contributed by atoms with van der Waals surface area (Å²) in [6.07, 6.45) is 0.816. The van der Waals surface area contributed by atoms with Crippen LogP contribution in [0.15, 0.2) is 27.1 Å².